The van der Waals surface area contributed by atoms with Gasteiger partial charge in [0, 0.05) is 16.4 Å². The monoisotopic (exact) mass is 312 g/mol. The fourth-order valence-electron chi connectivity index (χ4n) is 1.86. The first-order valence-corrected chi connectivity index (χ1v) is 6.98. The molecule has 0 saturated heterocycles. The summed E-state index contributed by atoms with van der Waals surface area (Å²) in [6.07, 6.45) is 2.05. The smallest absolute Gasteiger partial charge is 0.220 e. The zero-order valence-electron chi connectivity index (χ0n) is 11.0. The van der Waals surface area contributed by atoms with Crippen LogP contribution in [0.3, 0.4) is 0 Å². The van der Waals surface area contributed by atoms with Gasteiger partial charge in [-0.05, 0) is 50.9 Å². The number of benzene rings is 1. The molecule has 0 atom stereocenters. The zero-order valence-corrected chi connectivity index (χ0v) is 12.6. The quantitative estimate of drug-likeness (QED) is 0.848. The van der Waals surface area contributed by atoms with Crippen LogP contribution in [0.5, 0.6) is 0 Å². The number of rotatable bonds is 6. The Bertz CT molecular complexity index is 387. The minimum Gasteiger partial charge on any atom is -0.351 e. The van der Waals surface area contributed by atoms with Crippen molar-refractivity contribution in [3.8, 4) is 0 Å². The van der Waals surface area contributed by atoms with Crippen LogP contribution in [0.25, 0.3) is 0 Å². The van der Waals surface area contributed by atoms with Gasteiger partial charge in [0.2, 0.25) is 5.91 Å². The van der Waals surface area contributed by atoms with E-state index in [9.17, 15) is 4.79 Å². The molecule has 100 valence electrons. The Hall–Kier alpha value is -0.870. The largest absolute Gasteiger partial charge is 0.351 e. The van der Waals surface area contributed by atoms with E-state index in [0.29, 0.717) is 13.0 Å². The van der Waals surface area contributed by atoms with Crippen LogP contribution in [0.1, 0.15) is 32.3 Å². The molecule has 0 saturated carbocycles. The number of nitrogens with one attached hydrogen (secondary N) is 1. The second kappa shape index (κ2) is 6.90. The van der Waals surface area contributed by atoms with Gasteiger partial charge in [0.15, 0.2) is 0 Å². The Balaban J connectivity index is 2.53. The van der Waals surface area contributed by atoms with Crippen LogP contribution in [0.2, 0.25) is 0 Å². The van der Waals surface area contributed by atoms with Gasteiger partial charge in [-0.2, -0.15) is 0 Å². The maximum Gasteiger partial charge on any atom is 0.220 e. The summed E-state index contributed by atoms with van der Waals surface area (Å²) in [4.78, 5) is 11.7. The van der Waals surface area contributed by atoms with E-state index in [2.05, 4.69) is 33.4 Å². The number of hydrogen-bond donors (Lipinski definition) is 2. The summed E-state index contributed by atoms with van der Waals surface area (Å²) in [6.45, 7) is 4.63. The van der Waals surface area contributed by atoms with Gasteiger partial charge in [0.25, 0.3) is 0 Å². The molecule has 0 aromatic heterocycles. The second-order valence-corrected chi connectivity index (χ2v) is 6.04. The number of halogens is 1. The third kappa shape index (κ3) is 5.65. The number of nitrogens with two attached hydrogens (primary N) is 1. The van der Waals surface area contributed by atoms with E-state index in [1.54, 1.807) is 0 Å². The molecule has 0 radical (unpaired) electrons. The molecule has 0 bridgehead atoms. The first kappa shape index (κ1) is 15.2. The fourth-order valence-corrected chi connectivity index (χ4v) is 2.12. The Kier molecular flexibility index (Phi) is 5.82. The number of amides is 1. The van der Waals surface area contributed by atoms with Crippen LogP contribution in [0, 0.1) is 0 Å². The molecule has 1 aromatic carbocycles. The van der Waals surface area contributed by atoms with Gasteiger partial charge in [-0.15, -0.1) is 0 Å². The maximum atomic E-state index is 11.7. The predicted octanol–water partition coefficient (Wildman–Crippen LogP) is 2.63. The standard InChI is InChI=1S/C14H21BrN2O/c1-14(2,17-13(18)4-3-9-16)10-11-5-7-12(15)8-6-11/h5-8H,3-4,9-10,16H2,1-2H3,(H,17,18). The summed E-state index contributed by atoms with van der Waals surface area (Å²) in [5.41, 5.74) is 6.37. The van der Waals surface area contributed by atoms with Crippen molar-refractivity contribution in [2.45, 2.75) is 38.6 Å². The average molecular weight is 313 g/mol. The van der Waals surface area contributed by atoms with E-state index in [-0.39, 0.29) is 11.4 Å². The van der Waals surface area contributed by atoms with Crippen molar-refractivity contribution in [3.05, 3.63) is 34.3 Å². The Morgan fingerprint density at radius 3 is 2.50 bits per heavy atom. The summed E-state index contributed by atoms with van der Waals surface area (Å²) in [5.74, 6) is 0.0718. The van der Waals surface area contributed by atoms with Crippen molar-refractivity contribution in [2.75, 3.05) is 6.54 Å². The number of hydrogen-bond acceptors (Lipinski definition) is 2. The molecule has 3 nitrogen and oxygen atoms in total. The van der Waals surface area contributed by atoms with Crippen molar-refractivity contribution >= 4 is 21.8 Å². The summed E-state index contributed by atoms with van der Waals surface area (Å²) >= 11 is 3.41. The SMILES string of the molecule is CC(C)(Cc1ccc(Br)cc1)NC(=O)CCCN. The third-order valence-corrected chi connectivity index (χ3v) is 3.17. The molecule has 0 aliphatic carbocycles. The van der Waals surface area contributed by atoms with Crippen LogP contribution in [-0.2, 0) is 11.2 Å². The highest BCUT2D eigenvalue weighted by molar-refractivity contribution is 9.10. The summed E-state index contributed by atoms with van der Waals surface area (Å²) < 4.78 is 1.07. The molecular weight excluding hydrogens is 292 g/mol. The number of carbonyl (C=O) groups is 1. The van der Waals surface area contributed by atoms with E-state index in [1.807, 2.05) is 26.0 Å². The average Bonchev–Trinajstić information content (AvgIpc) is 2.28. The van der Waals surface area contributed by atoms with Crippen molar-refractivity contribution in [2.24, 2.45) is 5.73 Å². The molecule has 0 aliphatic heterocycles. The molecule has 0 heterocycles. The molecule has 0 spiro atoms. The molecule has 0 fully saturated rings. The molecule has 0 unspecified atom stereocenters. The predicted molar refractivity (Wildman–Crippen MR) is 78.4 cm³/mol. The fraction of sp³-hybridized carbons (Fsp3) is 0.500. The molecule has 0 aliphatic rings. The summed E-state index contributed by atoms with van der Waals surface area (Å²) in [6, 6.07) is 8.17. The lowest BCUT2D eigenvalue weighted by molar-refractivity contribution is -0.122. The van der Waals surface area contributed by atoms with Crippen molar-refractivity contribution in [1.29, 1.82) is 0 Å². The van der Waals surface area contributed by atoms with Gasteiger partial charge in [-0.3, -0.25) is 4.79 Å². The van der Waals surface area contributed by atoms with Gasteiger partial charge in [-0.25, -0.2) is 0 Å². The van der Waals surface area contributed by atoms with Gasteiger partial charge in [0.05, 0.1) is 0 Å². The highest BCUT2D eigenvalue weighted by Crippen LogP contribution is 2.16. The van der Waals surface area contributed by atoms with Gasteiger partial charge >= 0.3 is 0 Å². The van der Waals surface area contributed by atoms with Crippen molar-refractivity contribution < 1.29 is 4.79 Å². The van der Waals surface area contributed by atoms with Crippen LogP contribution < -0.4 is 11.1 Å². The second-order valence-electron chi connectivity index (χ2n) is 5.13. The van der Waals surface area contributed by atoms with E-state index < -0.39 is 0 Å². The lowest BCUT2D eigenvalue weighted by atomic mass is 9.94. The van der Waals surface area contributed by atoms with E-state index in [4.69, 9.17) is 5.73 Å². The first-order chi connectivity index (χ1) is 8.43. The molecular formula is C14H21BrN2O. The highest BCUT2D eigenvalue weighted by atomic mass is 79.9. The highest BCUT2D eigenvalue weighted by Gasteiger charge is 2.20. The molecule has 18 heavy (non-hydrogen) atoms. The molecule has 3 N–H and O–H groups in total. The lowest BCUT2D eigenvalue weighted by Crippen LogP contribution is -2.45. The lowest BCUT2D eigenvalue weighted by Gasteiger charge is -2.26. The van der Waals surface area contributed by atoms with Crippen molar-refractivity contribution in [3.63, 3.8) is 0 Å². The topological polar surface area (TPSA) is 55.1 Å². The van der Waals surface area contributed by atoms with Gasteiger partial charge in [-0.1, -0.05) is 28.1 Å². The minimum absolute atomic E-state index is 0.0718. The normalized spacial score (nSPS) is 11.3. The molecule has 4 heteroatoms. The van der Waals surface area contributed by atoms with E-state index in [1.165, 1.54) is 5.56 Å². The van der Waals surface area contributed by atoms with Crippen LogP contribution in [0.15, 0.2) is 28.7 Å². The summed E-state index contributed by atoms with van der Waals surface area (Å²) in [7, 11) is 0. The summed E-state index contributed by atoms with van der Waals surface area (Å²) in [5, 5.41) is 3.05. The van der Waals surface area contributed by atoms with Gasteiger partial charge < -0.3 is 11.1 Å². The molecule has 1 aromatic rings. The Labute approximate surface area is 117 Å². The van der Waals surface area contributed by atoms with Crippen LogP contribution >= 0.6 is 15.9 Å². The minimum atomic E-state index is -0.237. The Morgan fingerprint density at radius 1 is 1.33 bits per heavy atom. The number of carbonyl (C=O) groups excluding carboxylic acids is 1. The van der Waals surface area contributed by atoms with E-state index >= 15 is 0 Å². The van der Waals surface area contributed by atoms with Crippen molar-refractivity contribution in [1.82, 2.24) is 5.32 Å². The molecule has 1 rings (SSSR count). The van der Waals surface area contributed by atoms with Gasteiger partial charge in [0.1, 0.15) is 0 Å². The first-order valence-electron chi connectivity index (χ1n) is 6.18. The third-order valence-electron chi connectivity index (χ3n) is 2.65. The van der Waals surface area contributed by atoms with Crippen LogP contribution in [-0.4, -0.2) is 18.0 Å². The zero-order chi connectivity index (χ0) is 13.6. The molecule has 1 amide bonds. The van der Waals surface area contributed by atoms with E-state index in [0.717, 1.165) is 17.3 Å². The Morgan fingerprint density at radius 2 is 1.94 bits per heavy atom. The van der Waals surface area contributed by atoms with Crippen LogP contribution in [0.4, 0.5) is 0 Å². The maximum absolute atomic E-state index is 11.7.